The number of benzene rings is 2. The lowest BCUT2D eigenvalue weighted by Crippen LogP contribution is -1.78. The minimum atomic E-state index is 0.680. The average Bonchev–Trinajstić information content (AvgIpc) is 2.23. The van der Waals surface area contributed by atoms with Gasteiger partial charge in [0.15, 0.2) is 0 Å². The molecule has 0 aliphatic heterocycles. The molecule has 0 fully saturated rings. The van der Waals surface area contributed by atoms with Crippen LogP contribution in [0.4, 0.5) is 5.69 Å². The third kappa shape index (κ3) is 1.56. The molecule has 0 amide bonds. The molecule has 2 aromatic rings. The van der Waals surface area contributed by atoms with Gasteiger partial charge < -0.3 is 0 Å². The van der Waals surface area contributed by atoms with E-state index in [1.807, 2.05) is 36.4 Å². The molecule has 14 heavy (non-hydrogen) atoms. The number of aliphatic imine (C=N–C) groups is 1. The van der Waals surface area contributed by atoms with Crippen LogP contribution in [0.1, 0.15) is 0 Å². The maximum Gasteiger partial charge on any atom is 0.240 e. The fourth-order valence-electron chi connectivity index (χ4n) is 1.36. The summed E-state index contributed by atoms with van der Waals surface area (Å²) in [5.41, 5.74) is 0.680. The van der Waals surface area contributed by atoms with E-state index in [-0.39, 0.29) is 0 Å². The summed E-state index contributed by atoms with van der Waals surface area (Å²) < 4.78 is 0.990. The monoisotopic (exact) mass is 295 g/mol. The largest absolute Gasteiger partial charge is 0.240 e. The molecule has 0 unspecified atom stereocenters. The summed E-state index contributed by atoms with van der Waals surface area (Å²) in [5, 5.41) is 2.27. The number of nitrogens with zero attached hydrogens (tertiary/aromatic N) is 1. The average molecular weight is 295 g/mol. The molecule has 3 heteroatoms. The van der Waals surface area contributed by atoms with Crippen LogP contribution in [0.3, 0.4) is 0 Å². The highest BCUT2D eigenvalue weighted by atomic mass is 127. The highest BCUT2D eigenvalue weighted by molar-refractivity contribution is 14.1. The van der Waals surface area contributed by atoms with E-state index < -0.39 is 0 Å². The zero-order valence-corrected chi connectivity index (χ0v) is 9.36. The molecular weight excluding hydrogens is 289 g/mol. The zero-order chi connectivity index (χ0) is 9.97. The third-order valence-corrected chi connectivity index (χ3v) is 3.14. The molecule has 0 aliphatic rings. The van der Waals surface area contributed by atoms with Gasteiger partial charge in [0.05, 0.1) is 5.69 Å². The Hall–Kier alpha value is -1.19. The Labute approximate surface area is 94.8 Å². The predicted molar refractivity (Wildman–Crippen MR) is 64.4 cm³/mol. The van der Waals surface area contributed by atoms with Crippen molar-refractivity contribution < 1.29 is 4.79 Å². The summed E-state index contributed by atoms with van der Waals surface area (Å²) in [4.78, 5) is 13.8. The van der Waals surface area contributed by atoms with E-state index in [1.165, 1.54) is 0 Å². The Bertz CT molecular complexity index is 530. The van der Waals surface area contributed by atoms with Crippen LogP contribution in [0.5, 0.6) is 0 Å². The second-order valence-corrected chi connectivity index (χ2v) is 3.90. The van der Waals surface area contributed by atoms with Crippen LogP contribution in [0.2, 0.25) is 0 Å². The normalized spacial score (nSPS) is 9.79. The van der Waals surface area contributed by atoms with Crippen molar-refractivity contribution in [1.29, 1.82) is 0 Å². The van der Waals surface area contributed by atoms with Crippen LogP contribution in [0.25, 0.3) is 10.8 Å². The van der Waals surface area contributed by atoms with Gasteiger partial charge in [-0.15, -0.1) is 0 Å². The number of fused-ring (bicyclic) bond motifs is 1. The molecule has 2 nitrogen and oxygen atoms in total. The third-order valence-electron chi connectivity index (χ3n) is 2.01. The summed E-state index contributed by atoms with van der Waals surface area (Å²) in [6, 6.07) is 11.8. The molecule has 0 aromatic heterocycles. The quantitative estimate of drug-likeness (QED) is 0.450. The number of carbonyl (C=O) groups excluding carboxylic acids is 1. The zero-order valence-electron chi connectivity index (χ0n) is 7.20. The maximum absolute atomic E-state index is 10.2. The van der Waals surface area contributed by atoms with Crippen LogP contribution in [-0.4, -0.2) is 6.08 Å². The van der Waals surface area contributed by atoms with Gasteiger partial charge in [0, 0.05) is 3.57 Å². The van der Waals surface area contributed by atoms with Crippen molar-refractivity contribution in [3.05, 3.63) is 40.0 Å². The topological polar surface area (TPSA) is 29.4 Å². The minimum absolute atomic E-state index is 0.680. The lowest BCUT2D eigenvalue weighted by atomic mass is 10.1. The van der Waals surface area contributed by atoms with Gasteiger partial charge in [-0.1, -0.05) is 30.3 Å². The fourth-order valence-corrected chi connectivity index (χ4v) is 2.15. The van der Waals surface area contributed by atoms with E-state index >= 15 is 0 Å². The first-order valence-electron chi connectivity index (χ1n) is 4.08. The van der Waals surface area contributed by atoms with Gasteiger partial charge >= 0.3 is 0 Å². The molecular formula is C11H6INO. The van der Waals surface area contributed by atoms with Crippen LogP contribution < -0.4 is 0 Å². The van der Waals surface area contributed by atoms with Crippen molar-refractivity contribution in [3.8, 4) is 0 Å². The lowest BCUT2D eigenvalue weighted by molar-refractivity contribution is 0.565. The molecule has 0 radical (unpaired) electrons. The summed E-state index contributed by atoms with van der Waals surface area (Å²) in [6.45, 7) is 0. The first-order valence-corrected chi connectivity index (χ1v) is 5.16. The first kappa shape index (κ1) is 9.37. The molecule has 0 saturated carbocycles. The second kappa shape index (κ2) is 3.90. The molecule has 2 aromatic carbocycles. The van der Waals surface area contributed by atoms with Gasteiger partial charge in [0.2, 0.25) is 6.08 Å². The Morgan fingerprint density at radius 2 is 1.93 bits per heavy atom. The first-order chi connectivity index (χ1) is 6.83. The summed E-state index contributed by atoms with van der Waals surface area (Å²) in [7, 11) is 0. The van der Waals surface area contributed by atoms with Gasteiger partial charge in [0.1, 0.15) is 0 Å². The Morgan fingerprint density at radius 3 is 2.71 bits per heavy atom. The van der Waals surface area contributed by atoms with Crippen LogP contribution in [0, 0.1) is 3.57 Å². The Kier molecular flexibility index (Phi) is 2.61. The summed E-state index contributed by atoms with van der Waals surface area (Å²) in [6.07, 6.45) is 1.56. The summed E-state index contributed by atoms with van der Waals surface area (Å²) >= 11 is 2.19. The Balaban J connectivity index is 2.81. The maximum atomic E-state index is 10.2. The molecule has 0 heterocycles. The molecule has 0 N–H and O–H groups in total. The van der Waals surface area contributed by atoms with Gasteiger partial charge in [0.25, 0.3) is 0 Å². The van der Waals surface area contributed by atoms with Gasteiger partial charge in [-0.05, 0) is 39.4 Å². The fraction of sp³-hybridized carbons (Fsp3) is 0. The summed E-state index contributed by atoms with van der Waals surface area (Å²) in [5.74, 6) is 0. The van der Waals surface area contributed by atoms with E-state index in [2.05, 4.69) is 27.6 Å². The number of isocyanates is 1. The van der Waals surface area contributed by atoms with E-state index in [9.17, 15) is 4.79 Å². The molecule has 2 rings (SSSR count). The van der Waals surface area contributed by atoms with Crippen LogP contribution >= 0.6 is 22.6 Å². The molecule has 68 valence electrons. The molecule has 0 bridgehead atoms. The molecule has 0 aliphatic carbocycles. The minimum Gasteiger partial charge on any atom is -0.211 e. The van der Waals surface area contributed by atoms with Crippen molar-refractivity contribution in [2.75, 3.05) is 0 Å². The van der Waals surface area contributed by atoms with E-state index in [0.29, 0.717) is 5.69 Å². The van der Waals surface area contributed by atoms with Crippen molar-refractivity contribution in [2.24, 2.45) is 4.99 Å². The molecule has 0 atom stereocenters. The van der Waals surface area contributed by atoms with Gasteiger partial charge in [-0.3, -0.25) is 0 Å². The second-order valence-electron chi connectivity index (χ2n) is 2.82. The predicted octanol–water partition coefficient (Wildman–Crippen LogP) is 3.41. The van der Waals surface area contributed by atoms with Crippen molar-refractivity contribution >= 4 is 45.1 Å². The Morgan fingerprint density at radius 1 is 1.14 bits per heavy atom. The molecule has 0 saturated heterocycles. The number of hydrogen-bond acceptors (Lipinski definition) is 2. The van der Waals surface area contributed by atoms with E-state index in [4.69, 9.17) is 0 Å². The smallest absolute Gasteiger partial charge is 0.211 e. The van der Waals surface area contributed by atoms with Crippen LogP contribution in [0.15, 0.2) is 41.4 Å². The van der Waals surface area contributed by atoms with Crippen molar-refractivity contribution in [1.82, 2.24) is 0 Å². The van der Waals surface area contributed by atoms with Crippen molar-refractivity contribution in [3.63, 3.8) is 0 Å². The highest BCUT2D eigenvalue weighted by Crippen LogP contribution is 2.29. The van der Waals surface area contributed by atoms with Gasteiger partial charge in [-0.25, -0.2) is 4.79 Å². The van der Waals surface area contributed by atoms with E-state index in [1.54, 1.807) is 6.08 Å². The van der Waals surface area contributed by atoms with Gasteiger partial charge in [-0.2, -0.15) is 4.99 Å². The molecule has 0 spiro atoms. The highest BCUT2D eigenvalue weighted by Gasteiger charge is 2.02. The van der Waals surface area contributed by atoms with Crippen LogP contribution in [-0.2, 0) is 4.79 Å². The number of hydrogen-bond donors (Lipinski definition) is 0. The number of rotatable bonds is 1. The lowest BCUT2D eigenvalue weighted by Gasteiger charge is -2.01. The standard InChI is InChI=1S/C11H6INO/c12-11-9-4-2-1-3-8(9)5-6-10(11)13-7-14/h1-6H. The van der Waals surface area contributed by atoms with Crippen molar-refractivity contribution in [2.45, 2.75) is 0 Å². The number of halogens is 1. The SMILES string of the molecule is O=C=Nc1ccc2ccccc2c1I. The van der Waals surface area contributed by atoms with E-state index in [0.717, 1.165) is 14.3 Å².